The molecular formula is C20H17N3O3. The van der Waals surface area contributed by atoms with Crippen molar-refractivity contribution in [1.82, 2.24) is 10.3 Å². The van der Waals surface area contributed by atoms with E-state index in [1.165, 1.54) is 0 Å². The van der Waals surface area contributed by atoms with E-state index < -0.39 is 0 Å². The topological polar surface area (TPSA) is 96.0 Å². The van der Waals surface area contributed by atoms with Crippen LogP contribution in [0.2, 0.25) is 0 Å². The van der Waals surface area contributed by atoms with E-state index in [4.69, 9.17) is 9.68 Å². The zero-order valence-electron chi connectivity index (χ0n) is 14.1. The average Bonchev–Trinajstić information content (AvgIpc) is 3.06. The van der Waals surface area contributed by atoms with Crippen molar-refractivity contribution < 1.29 is 14.0 Å². The van der Waals surface area contributed by atoms with Gasteiger partial charge in [-0.05, 0) is 23.3 Å². The highest BCUT2D eigenvalue weighted by atomic mass is 16.3. The lowest BCUT2D eigenvalue weighted by Gasteiger charge is -2.01. The maximum absolute atomic E-state index is 11.9. The van der Waals surface area contributed by atoms with E-state index in [1.54, 1.807) is 0 Å². The molecule has 0 aliphatic carbocycles. The standard InChI is InChI=1S/C20H17N3O3/c21-10-4-7-16(24)13-22-19(25)12-20-23-17-9-8-15(11-18(17)26-20)14-5-2-1-3-6-14/h1-3,5-6,8-9,11H,4,7,12-13H2,(H,22,25). The molecule has 3 rings (SSSR count). The number of nitrogens with zero attached hydrogens (tertiary/aromatic N) is 2. The number of fused-ring (bicyclic) bond motifs is 1. The highest BCUT2D eigenvalue weighted by Gasteiger charge is 2.12. The van der Waals surface area contributed by atoms with Crippen LogP contribution in [-0.2, 0) is 16.0 Å². The summed E-state index contributed by atoms with van der Waals surface area (Å²) in [5.41, 5.74) is 3.37. The Morgan fingerprint density at radius 3 is 2.69 bits per heavy atom. The summed E-state index contributed by atoms with van der Waals surface area (Å²) < 4.78 is 5.67. The van der Waals surface area contributed by atoms with Crippen LogP contribution in [0.3, 0.4) is 0 Å². The Hall–Kier alpha value is -3.46. The second-order valence-corrected chi connectivity index (χ2v) is 5.81. The van der Waals surface area contributed by atoms with Crippen molar-refractivity contribution in [3.63, 3.8) is 0 Å². The summed E-state index contributed by atoms with van der Waals surface area (Å²) in [7, 11) is 0. The number of oxazole rings is 1. The van der Waals surface area contributed by atoms with E-state index in [2.05, 4.69) is 10.3 Å². The van der Waals surface area contributed by atoms with Gasteiger partial charge in [0.2, 0.25) is 11.8 Å². The monoisotopic (exact) mass is 347 g/mol. The number of rotatable bonds is 7. The van der Waals surface area contributed by atoms with Crippen molar-refractivity contribution in [1.29, 1.82) is 5.26 Å². The van der Waals surface area contributed by atoms with Gasteiger partial charge in [0.1, 0.15) is 11.9 Å². The van der Waals surface area contributed by atoms with Gasteiger partial charge >= 0.3 is 0 Å². The van der Waals surface area contributed by atoms with Gasteiger partial charge in [-0.2, -0.15) is 5.26 Å². The first-order chi connectivity index (χ1) is 12.7. The van der Waals surface area contributed by atoms with Gasteiger partial charge in [0.05, 0.1) is 12.6 Å². The number of benzene rings is 2. The van der Waals surface area contributed by atoms with E-state index in [0.29, 0.717) is 17.0 Å². The number of hydrogen-bond acceptors (Lipinski definition) is 5. The van der Waals surface area contributed by atoms with Crippen molar-refractivity contribution >= 4 is 22.8 Å². The molecule has 130 valence electrons. The van der Waals surface area contributed by atoms with Gasteiger partial charge in [-0.3, -0.25) is 9.59 Å². The summed E-state index contributed by atoms with van der Waals surface area (Å²) in [6.07, 6.45) is 0.256. The molecule has 3 aromatic rings. The Morgan fingerprint density at radius 1 is 1.12 bits per heavy atom. The van der Waals surface area contributed by atoms with E-state index in [9.17, 15) is 9.59 Å². The van der Waals surface area contributed by atoms with Crippen LogP contribution in [-0.4, -0.2) is 23.2 Å². The lowest BCUT2D eigenvalue weighted by Crippen LogP contribution is -2.30. The first-order valence-electron chi connectivity index (χ1n) is 8.26. The van der Waals surface area contributed by atoms with Crippen LogP contribution in [0, 0.1) is 11.3 Å². The van der Waals surface area contributed by atoms with Gasteiger partial charge in [0.15, 0.2) is 11.4 Å². The molecule has 1 aromatic heterocycles. The first kappa shape index (κ1) is 17.4. The maximum atomic E-state index is 11.9. The van der Waals surface area contributed by atoms with Gasteiger partial charge in [-0.25, -0.2) is 4.98 Å². The molecule has 1 amide bonds. The Bertz CT molecular complexity index is 971. The molecule has 26 heavy (non-hydrogen) atoms. The first-order valence-corrected chi connectivity index (χ1v) is 8.26. The molecule has 0 atom stereocenters. The number of aromatic nitrogens is 1. The zero-order valence-corrected chi connectivity index (χ0v) is 14.1. The third kappa shape index (κ3) is 4.33. The van der Waals surface area contributed by atoms with Gasteiger partial charge in [0.25, 0.3) is 0 Å². The molecule has 0 saturated heterocycles. The maximum Gasteiger partial charge on any atom is 0.229 e. The molecule has 0 fully saturated rings. The Labute approximate surface area is 150 Å². The number of nitriles is 1. The molecule has 6 heteroatoms. The van der Waals surface area contributed by atoms with Crippen molar-refractivity contribution in [3.05, 3.63) is 54.4 Å². The Balaban J connectivity index is 1.65. The van der Waals surface area contributed by atoms with Crippen molar-refractivity contribution in [2.45, 2.75) is 19.3 Å². The highest BCUT2D eigenvalue weighted by molar-refractivity contribution is 5.87. The lowest BCUT2D eigenvalue weighted by atomic mass is 10.1. The number of Topliss-reactive ketones (excluding diaryl/α,β-unsaturated/α-hetero) is 1. The lowest BCUT2D eigenvalue weighted by molar-refractivity contribution is -0.124. The highest BCUT2D eigenvalue weighted by Crippen LogP contribution is 2.24. The second kappa shape index (κ2) is 8.08. The minimum Gasteiger partial charge on any atom is -0.440 e. The van der Waals surface area contributed by atoms with E-state index in [1.807, 2.05) is 54.6 Å². The number of amides is 1. The number of carbonyl (C=O) groups is 2. The third-order valence-electron chi connectivity index (χ3n) is 3.85. The second-order valence-electron chi connectivity index (χ2n) is 5.81. The van der Waals surface area contributed by atoms with Crippen LogP contribution in [0.1, 0.15) is 18.7 Å². The fourth-order valence-electron chi connectivity index (χ4n) is 2.54. The molecule has 1 N–H and O–H groups in total. The number of ketones is 1. The summed E-state index contributed by atoms with van der Waals surface area (Å²) in [5, 5.41) is 11.0. The summed E-state index contributed by atoms with van der Waals surface area (Å²) in [4.78, 5) is 27.7. The molecule has 2 aromatic carbocycles. The SMILES string of the molecule is N#CCCC(=O)CNC(=O)Cc1nc2ccc(-c3ccccc3)cc2o1. The van der Waals surface area contributed by atoms with Crippen molar-refractivity contribution in [2.24, 2.45) is 0 Å². The molecule has 0 aliphatic rings. The van der Waals surface area contributed by atoms with E-state index >= 15 is 0 Å². The summed E-state index contributed by atoms with van der Waals surface area (Å²) in [6.45, 7) is -0.0844. The van der Waals surface area contributed by atoms with Gasteiger partial charge in [-0.1, -0.05) is 36.4 Å². The number of nitrogens with one attached hydrogen (secondary N) is 1. The van der Waals surface area contributed by atoms with Crippen molar-refractivity contribution in [2.75, 3.05) is 6.54 Å². The zero-order chi connectivity index (χ0) is 18.4. The third-order valence-corrected chi connectivity index (χ3v) is 3.85. The summed E-state index contributed by atoms with van der Waals surface area (Å²) in [6, 6.07) is 17.5. The van der Waals surface area contributed by atoms with Crippen LogP contribution in [0.25, 0.3) is 22.2 Å². The number of carbonyl (C=O) groups excluding carboxylic acids is 2. The minimum absolute atomic E-state index is 0.0408. The Kier molecular flexibility index (Phi) is 5.40. The molecule has 0 radical (unpaired) electrons. The minimum atomic E-state index is -0.342. The van der Waals surface area contributed by atoms with Crippen LogP contribution in [0.15, 0.2) is 52.9 Å². The van der Waals surface area contributed by atoms with Gasteiger partial charge in [0, 0.05) is 12.8 Å². The van der Waals surface area contributed by atoms with Crippen molar-refractivity contribution in [3.8, 4) is 17.2 Å². The molecule has 6 nitrogen and oxygen atoms in total. The molecule has 1 heterocycles. The largest absolute Gasteiger partial charge is 0.440 e. The van der Waals surface area contributed by atoms with Crippen LogP contribution >= 0.6 is 0 Å². The molecule has 0 spiro atoms. The smallest absolute Gasteiger partial charge is 0.229 e. The van der Waals surface area contributed by atoms with Crippen LogP contribution in [0.4, 0.5) is 0 Å². The molecule has 0 unspecified atom stereocenters. The van der Waals surface area contributed by atoms with E-state index in [0.717, 1.165) is 11.1 Å². The van der Waals surface area contributed by atoms with Crippen LogP contribution < -0.4 is 5.32 Å². The van der Waals surface area contributed by atoms with Gasteiger partial charge in [-0.15, -0.1) is 0 Å². The average molecular weight is 347 g/mol. The predicted octanol–water partition coefficient (Wildman–Crippen LogP) is 3.03. The molecule has 0 aliphatic heterocycles. The fourth-order valence-corrected chi connectivity index (χ4v) is 2.54. The molecule has 0 saturated carbocycles. The molecular weight excluding hydrogens is 330 g/mol. The Morgan fingerprint density at radius 2 is 1.92 bits per heavy atom. The fraction of sp³-hybridized carbons (Fsp3) is 0.200. The summed E-state index contributed by atoms with van der Waals surface area (Å²) in [5.74, 6) is -0.220. The quantitative estimate of drug-likeness (QED) is 0.709. The predicted molar refractivity (Wildman–Crippen MR) is 96.0 cm³/mol. The van der Waals surface area contributed by atoms with Crippen LogP contribution in [0.5, 0.6) is 0 Å². The van der Waals surface area contributed by atoms with Gasteiger partial charge < -0.3 is 9.73 Å². The normalized spacial score (nSPS) is 10.4. The van der Waals surface area contributed by atoms with E-state index in [-0.39, 0.29) is 37.5 Å². The molecule has 0 bridgehead atoms. The number of hydrogen-bond donors (Lipinski definition) is 1. The summed E-state index contributed by atoms with van der Waals surface area (Å²) >= 11 is 0.